The van der Waals surface area contributed by atoms with E-state index >= 15 is 0 Å². The van der Waals surface area contributed by atoms with Gasteiger partial charge in [-0.15, -0.1) is 0 Å². The number of hydrogen-bond acceptors (Lipinski definition) is 4. The minimum atomic E-state index is -0.321. The van der Waals surface area contributed by atoms with Gasteiger partial charge in [-0.3, -0.25) is 0 Å². The Kier molecular flexibility index (Phi) is 2.76. The molecule has 0 saturated carbocycles. The molecule has 1 heterocycles. The molecule has 0 aliphatic carbocycles. The van der Waals surface area contributed by atoms with Crippen molar-refractivity contribution >= 4 is 23.0 Å². The lowest BCUT2D eigenvalue weighted by molar-refractivity contribution is 0.0526. The van der Waals surface area contributed by atoms with Crippen LogP contribution in [0, 0.1) is 0 Å². The third-order valence-electron chi connectivity index (χ3n) is 2.23. The molecule has 0 amide bonds. The SMILES string of the molecule is CCOC(=O)c1ccc2[nH]c(NC)nc2c1. The highest BCUT2D eigenvalue weighted by atomic mass is 16.5. The van der Waals surface area contributed by atoms with Crippen LogP contribution in [0.1, 0.15) is 17.3 Å². The minimum absolute atomic E-state index is 0.321. The quantitative estimate of drug-likeness (QED) is 0.772. The molecule has 5 heteroatoms. The van der Waals surface area contributed by atoms with Crippen LogP contribution in [0.2, 0.25) is 0 Å². The zero-order valence-electron chi connectivity index (χ0n) is 9.20. The van der Waals surface area contributed by atoms with Crippen LogP contribution in [-0.2, 0) is 4.74 Å². The normalized spacial score (nSPS) is 10.4. The third kappa shape index (κ3) is 1.84. The molecule has 0 aliphatic heterocycles. The average Bonchev–Trinajstić information content (AvgIpc) is 2.70. The molecule has 0 fully saturated rings. The van der Waals surface area contributed by atoms with Crippen LogP contribution in [0.25, 0.3) is 11.0 Å². The highest BCUT2D eigenvalue weighted by Crippen LogP contribution is 2.16. The van der Waals surface area contributed by atoms with Crippen LogP contribution in [0.5, 0.6) is 0 Å². The number of fused-ring (bicyclic) bond motifs is 1. The molecule has 84 valence electrons. The number of carbonyl (C=O) groups is 1. The molecule has 1 aromatic carbocycles. The lowest BCUT2D eigenvalue weighted by atomic mass is 10.2. The number of esters is 1. The van der Waals surface area contributed by atoms with Gasteiger partial charge in [-0.25, -0.2) is 9.78 Å². The van der Waals surface area contributed by atoms with E-state index in [0.717, 1.165) is 11.0 Å². The van der Waals surface area contributed by atoms with Gasteiger partial charge in [0.1, 0.15) is 0 Å². The fraction of sp³-hybridized carbons (Fsp3) is 0.273. The number of hydrogen-bond donors (Lipinski definition) is 2. The molecule has 2 rings (SSSR count). The number of anilines is 1. The van der Waals surface area contributed by atoms with Gasteiger partial charge >= 0.3 is 5.97 Å². The lowest BCUT2D eigenvalue weighted by Gasteiger charge is -2.00. The molecule has 0 saturated heterocycles. The van der Waals surface area contributed by atoms with Gasteiger partial charge < -0.3 is 15.0 Å². The Bertz CT molecular complexity index is 519. The van der Waals surface area contributed by atoms with E-state index in [1.54, 1.807) is 26.1 Å². The average molecular weight is 219 g/mol. The number of nitrogens with zero attached hydrogens (tertiary/aromatic N) is 1. The fourth-order valence-corrected chi connectivity index (χ4v) is 1.47. The highest BCUT2D eigenvalue weighted by molar-refractivity contribution is 5.93. The second-order valence-corrected chi connectivity index (χ2v) is 3.29. The number of benzene rings is 1. The van der Waals surface area contributed by atoms with E-state index in [-0.39, 0.29) is 5.97 Å². The first-order valence-corrected chi connectivity index (χ1v) is 5.09. The van der Waals surface area contributed by atoms with Crippen molar-refractivity contribution in [3.63, 3.8) is 0 Å². The summed E-state index contributed by atoms with van der Waals surface area (Å²) in [5.41, 5.74) is 2.15. The topological polar surface area (TPSA) is 67.0 Å². The summed E-state index contributed by atoms with van der Waals surface area (Å²) in [4.78, 5) is 18.8. The number of ether oxygens (including phenoxy) is 1. The van der Waals surface area contributed by atoms with E-state index < -0.39 is 0 Å². The molecular formula is C11H13N3O2. The molecule has 16 heavy (non-hydrogen) atoms. The Morgan fingerprint density at radius 2 is 2.38 bits per heavy atom. The van der Waals surface area contributed by atoms with Gasteiger partial charge in [0.25, 0.3) is 0 Å². The molecule has 2 N–H and O–H groups in total. The minimum Gasteiger partial charge on any atom is -0.462 e. The van der Waals surface area contributed by atoms with Crippen LogP contribution in [0.4, 0.5) is 5.95 Å². The number of nitrogens with one attached hydrogen (secondary N) is 2. The standard InChI is InChI=1S/C11H13N3O2/c1-3-16-10(15)7-4-5-8-9(6-7)14-11(12-2)13-8/h4-6H,3H2,1-2H3,(H2,12,13,14). The monoisotopic (exact) mass is 219 g/mol. The first kappa shape index (κ1) is 10.5. The fourth-order valence-electron chi connectivity index (χ4n) is 1.47. The number of H-pyrrole nitrogens is 1. The van der Waals surface area contributed by atoms with Crippen LogP contribution in [-0.4, -0.2) is 29.6 Å². The number of aromatic amines is 1. The Balaban J connectivity index is 2.39. The van der Waals surface area contributed by atoms with E-state index in [0.29, 0.717) is 18.1 Å². The molecule has 0 radical (unpaired) electrons. The predicted octanol–water partition coefficient (Wildman–Crippen LogP) is 1.78. The smallest absolute Gasteiger partial charge is 0.338 e. The zero-order valence-corrected chi connectivity index (χ0v) is 9.20. The molecule has 0 unspecified atom stereocenters. The van der Waals surface area contributed by atoms with E-state index in [4.69, 9.17) is 4.74 Å². The van der Waals surface area contributed by atoms with Crippen molar-refractivity contribution in [1.29, 1.82) is 0 Å². The summed E-state index contributed by atoms with van der Waals surface area (Å²) in [6, 6.07) is 5.25. The number of carbonyl (C=O) groups excluding carboxylic acids is 1. The van der Waals surface area contributed by atoms with Gasteiger partial charge in [-0.05, 0) is 25.1 Å². The molecule has 0 spiro atoms. The molecule has 0 atom stereocenters. The summed E-state index contributed by atoms with van der Waals surface area (Å²) in [7, 11) is 1.78. The van der Waals surface area contributed by atoms with E-state index in [1.807, 2.05) is 6.07 Å². The maximum absolute atomic E-state index is 11.5. The molecule has 2 aromatic rings. The second-order valence-electron chi connectivity index (χ2n) is 3.29. The zero-order chi connectivity index (χ0) is 11.5. The number of aromatic nitrogens is 2. The Hall–Kier alpha value is -2.04. The van der Waals surface area contributed by atoms with E-state index in [1.165, 1.54) is 0 Å². The maximum atomic E-state index is 11.5. The van der Waals surface area contributed by atoms with Crippen molar-refractivity contribution in [2.45, 2.75) is 6.92 Å². The van der Waals surface area contributed by atoms with Gasteiger partial charge in [0, 0.05) is 7.05 Å². The van der Waals surface area contributed by atoms with Crippen molar-refractivity contribution in [3.05, 3.63) is 23.8 Å². The van der Waals surface area contributed by atoms with Crippen molar-refractivity contribution in [2.24, 2.45) is 0 Å². The van der Waals surface area contributed by atoms with Gasteiger partial charge in [0.05, 0.1) is 23.2 Å². The first-order chi connectivity index (χ1) is 7.74. The molecule has 0 bridgehead atoms. The van der Waals surface area contributed by atoms with Gasteiger partial charge in [-0.2, -0.15) is 0 Å². The van der Waals surface area contributed by atoms with Crippen LogP contribution < -0.4 is 5.32 Å². The molecule has 1 aromatic heterocycles. The van der Waals surface area contributed by atoms with Gasteiger partial charge in [0.2, 0.25) is 5.95 Å². The summed E-state index contributed by atoms with van der Waals surface area (Å²) >= 11 is 0. The number of rotatable bonds is 3. The first-order valence-electron chi connectivity index (χ1n) is 5.09. The molecule has 5 nitrogen and oxygen atoms in total. The van der Waals surface area contributed by atoms with Gasteiger partial charge in [0.15, 0.2) is 0 Å². The van der Waals surface area contributed by atoms with Crippen molar-refractivity contribution in [1.82, 2.24) is 9.97 Å². The van der Waals surface area contributed by atoms with Crippen molar-refractivity contribution in [2.75, 3.05) is 19.0 Å². The maximum Gasteiger partial charge on any atom is 0.338 e. The van der Waals surface area contributed by atoms with Crippen molar-refractivity contribution in [3.8, 4) is 0 Å². The third-order valence-corrected chi connectivity index (χ3v) is 2.23. The highest BCUT2D eigenvalue weighted by Gasteiger charge is 2.08. The second kappa shape index (κ2) is 4.22. The Labute approximate surface area is 92.8 Å². The van der Waals surface area contributed by atoms with Gasteiger partial charge in [-0.1, -0.05) is 0 Å². The molecule has 0 aliphatic rings. The Morgan fingerprint density at radius 3 is 3.06 bits per heavy atom. The van der Waals surface area contributed by atoms with Crippen LogP contribution >= 0.6 is 0 Å². The number of imidazole rings is 1. The Morgan fingerprint density at radius 1 is 1.56 bits per heavy atom. The summed E-state index contributed by atoms with van der Waals surface area (Å²) in [6.07, 6.45) is 0. The summed E-state index contributed by atoms with van der Waals surface area (Å²) in [5, 5.41) is 2.91. The predicted molar refractivity (Wildman–Crippen MR) is 61.6 cm³/mol. The van der Waals surface area contributed by atoms with Crippen molar-refractivity contribution < 1.29 is 9.53 Å². The largest absolute Gasteiger partial charge is 0.462 e. The van der Waals surface area contributed by atoms with Crippen LogP contribution in [0.15, 0.2) is 18.2 Å². The lowest BCUT2D eigenvalue weighted by Crippen LogP contribution is -2.04. The van der Waals surface area contributed by atoms with Crippen LogP contribution in [0.3, 0.4) is 0 Å². The van der Waals surface area contributed by atoms with E-state index in [2.05, 4.69) is 15.3 Å². The molecular weight excluding hydrogens is 206 g/mol. The van der Waals surface area contributed by atoms with E-state index in [9.17, 15) is 4.79 Å². The summed E-state index contributed by atoms with van der Waals surface area (Å²) in [6.45, 7) is 2.16. The summed E-state index contributed by atoms with van der Waals surface area (Å²) < 4.78 is 4.92. The summed E-state index contributed by atoms with van der Waals surface area (Å²) in [5.74, 6) is 0.356.